The van der Waals surface area contributed by atoms with Crippen LogP contribution in [0.25, 0.3) is 0 Å². The summed E-state index contributed by atoms with van der Waals surface area (Å²) in [6, 6.07) is 5.30. The van der Waals surface area contributed by atoms with Gasteiger partial charge in [-0.1, -0.05) is 0 Å². The molecule has 3 N–H and O–H groups in total. The van der Waals surface area contributed by atoms with Gasteiger partial charge in [0.2, 0.25) is 0 Å². The van der Waals surface area contributed by atoms with E-state index >= 15 is 0 Å². The fourth-order valence-electron chi connectivity index (χ4n) is 14.2. The first-order chi connectivity index (χ1) is 27.2. The van der Waals surface area contributed by atoms with E-state index in [-0.39, 0.29) is 41.3 Å². The highest BCUT2D eigenvalue weighted by atomic mass is 16.5. The summed E-state index contributed by atoms with van der Waals surface area (Å²) in [5, 5.41) is 11.2. The van der Waals surface area contributed by atoms with Crippen LogP contribution in [0.4, 0.5) is 0 Å². The quantitative estimate of drug-likeness (QED) is 0.388. The number of piperidine rings is 2. The molecule has 2 spiro atoms. The number of aryl methyl sites for hydroxylation is 2. The van der Waals surface area contributed by atoms with Gasteiger partial charge in [0.05, 0.1) is 32.5 Å². The van der Waals surface area contributed by atoms with E-state index in [4.69, 9.17) is 34.2 Å². The number of nitrogens with zero attached hydrogens (tertiary/aromatic N) is 2. The van der Waals surface area contributed by atoms with Crippen molar-refractivity contribution in [3.05, 3.63) is 45.5 Å². The minimum Gasteiger partial charge on any atom is -0.493 e. The van der Waals surface area contributed by atoms with Crippen LogP contribution >= 0.6 is 0 Å². The number of nitrogens with two attached hydrogens (primary N) is 1. The number of rotatable bonds is 8. The molecule has 12 atom stereocenters. The molecule has 2 aromatic rings. The van der Waals surface area contributed by atoms with Gasteiger partial charge in [0.1, 0.15) is 18.3 Å². The smallest absolute Gasteiger partial charge is 0.165 e. The highest BCUT2D eigenvalue weighted by Gasteiger charge is 2.69. The third-order valence-corrected chi connectivity index (χ3v) is 17.1. The Hall–Kier alpha value is -2.60. The molecule has 6 aliphatic carbocycles. The molecule has 12 rings (SSSR count). The number of methoxy groups -OCH3 is 4. The first-order valence-electron chi connectivity index (χ1n) is 21.9. The summed E-state index contributed by atoms with van der Waals surface area (Å²) < 4.78 is 36.3. The van der Waals surface area contributed by atoms with Gasteiger partial charge in [0, 0.05) is 61.3 Å². The zero-order chi connectivity index (χ0) is 38.4. The Kier molecular flexibility index (Phi) is 8.43. The molecule has 4 saturated carbocycles. The molecule has 4 heterocycles. The Morgan fingerprint density at radius 2 is 1.18 bits per heavy atom. The van der Waals surface area contributed by atoms with Crippen LogP contribution in [0.1, 0.15) is 84.7 Å². The van der Waals surface area contributed by atoms with Gasteiger partial charge in [-0.2, -0.15) is 0 Å². The summed E-state index contributed by atoms with van der Waals surface area (Å²) in [6.07, 6.45) is 11.0. The third kappa shape index (κ3) is 4.89. The van der Waals surface area contributed by atoms with Crippen molar-refractivity contribution in [2.24, 2.45) is 29.4 Å². The van der Waals surface area contributed by atoms with Gasteiger partial charge in [-0.3, -0.25) is 9.80 Å². The largest absolute Gasteiger partial charge is 0.493 e. The molecule has 10 nitrogen and oxygen atoms in total. The number of hydrogen-bond acceptors (Lipinski definition) is 10. The minimum absolute atomic E-state index is 0.00785. The molecule has 0 radical (unpaired) electrons. The van der Waals surface area contributed by atoms with E-state index in [0.717, 1.165) is 86.4 Å². The lowest BCUT2D eigenvalue weighted by atomic mass is 9.50. The Bertz CT molecular complexity index is 1780. The van der Waals surface area contributed by atoms with E-state index < -0.39 is 6.10 Å². The lowest BCUT2D eigenvalue weighted by Crippen LogP contribution is -2.71. The number of aliphatic hydroxyl groups excluding tert-OH is 1. The maximum Gasteiger partial charge on any atom is 0.165 e. The minimum atomic E-state index is -0.597. The Labute approximate surface area is 332 Å². The predicted molar refractivity (Wildman–Crippen MR) is 212 cm³/mol. The summed E-state index contributed by atoms with van der Waals surface area (Å²) >= 11 is 0. The van der Waals surface area contributed by atoms with Gasteiger partial charge in [-0.05, 0) is 149 Å². The van der Waals surface area contributed by atoms with E-state index in [1.165, 1.54) is 72.2 Å². The second-order valence-electron chi connectivity index (χ2n) is 19.5. The van der Waals surface area contributed by atoms with Crippen molar-refractivity contribution in [1.29, 1.82) is 0 Å². The van der Waals surface area contributed by atoms with E-state index in [1.54, 1.807) is 28.4 Å². The van der Waals surface area contributed by atoms with Crippen molar-refractivity contribution < 1.29 is 33.5 Å². The van der Waals surface area contributed by atoms with Gasteiger partial charge < -0.3 is 39.3 Å². The molecule has 56 heavy (non-hydrogen) atoms. The van der Waals surface area contributed by atoms with Crippen molar-refractivity contribution in [3.63, 3.8) is 0 Å². The average Bonchev–Trinajstić information content (AvgIpc) is 4.14. The molecular weight excluding hydrogens is 707 g/mol. The number of benzene rings is 2. The molecule has 0 amide bonds. The SMILES string of the molecule is COc1cc(C)c2c3c1OC1C(N)C(OC)CC4C(C2)N(CC2CC2)CCC341.COc1cc(C)c2c3c1OC1C(O)C(OC)CC4C(C2)N(CC2CC2)CCC341. The molecular formula is C46H63N3O7. The monoisotopic (exact) mass is 769 g/mol. The zero-order valence-corrected chi connectivity index (χ0v) is 34.4. The Balaban J connectivity index is 0.000000130. The summed E-state index contributed by atoms with van der Waals surface area (Å²) in [5.41, 5.74) is 15.1. The molecule has 304 valence electrons. The number of aliphatic hydroxyl groups is 1. The maximum absolute atomic E-state index is 11.2. The molecule has 4 bridgehead atoms. The Morgan fingerprint density at radius 3 is 1.64 bits per heavy atom. The lowest BCUT2D eigenvalue weighted by molar-refractivity contribution is -0.162. The van der Waals surface area contributed by atoms with Crippen LogP contribution in [0, 0.1) is 37.5 Å². The second kappa shape index (κ2) is 12.9. The summed E-state index contributed by atoms with van der Waals surface area (Å²) in [5.74, 6) is 6.39. The van der Waals surface area contributed by atoms with Crippen molar-refractivity contribution in [2.45, 2.75) is 138 Å². The standard InChI is InChI=1S/C23H32N2O3.C23H31NO4/c1-12-8-18(27-3)21-19-14(12)9-16-15-10-17(26-2)20(24)22(28-21)23(15,19)6-7-25(16)11-13-4-5-13;1-12-8-18(27-3)21-19-14(12)9-16-15-10-17(26-2)20(25)22(28-21)23(15,19)6-7-24(16)11-13-4-5-13/h8,13,15-17,20,22H,4-7,9-11,24H2,1-3H3;8,13,15-17,20,22,25H,4-7,9-11H2,1-3H3. The van der Waals surface area contributed by atoms with E-state index in [1.807, 2.05) is 0 Å². The molecule has 12 unspecified atom stereocenters. The molecule has 0 aromatic heterocycles. The summed E-state index contributed by atoms with van der Waals surface area (Å²) in [6.45, 7) is 9.23. The molecule has 2 saturated heterocycles. The number of likely N-dealkylation sites (tertiary alicyclic amines) is 2. The first-order valence-corrected chi connectivity index (χ1v) is 21.9. The molecule has 10 heteroatoms. The fourth-order valence-corrected chi connectivity index (χ4v) is 14.2. The zero-order valence-electron chi connectivity index (χ0n) is 34.4. The topological polar surface area (TPSA) is 108 Å². The van der Waals surface area contributed by atoms with Crippen molar-refractivity contribution in [1.82, 2.24) is 9.80 Å². The van der Waals surface area contributed by atoms with Crippen LogP contribution in [0.2, 0.25) is 0 Å². The Morgan fingerprint density at radius 1 is 0.714 bits per heavy atom. The van der Waals surface area contributed by atoms with Crippen molar-refractivity contribution in [2.75, 3.05) is 54.6 Å². The molecule has 2 aromatic carbocycles. The summed E-state index contributed by atoms with van der Waals surface area (Å²) in [4.78, 5) is 5.57. The highest BCUT2D eigenvalue weighted by Crippen LogP contribution is 2.66. The number of hydrogen-bond donors (Lipinski definition) is 2. The van der Waals surface area contributed by atoms with E-state index in [0.29, 0.717) is 23.9 Å². The molecule has 6 fully saturated rings. The second-order valence-corrected chi connectivity index (χ2v) is 19.5. The molecule has 10 aliphatic rings. The van der Waals surface area contributed by atoms with Crippen LogP contribution in [0.15, 0.2) is 12.1 Å². The molecule has 4 aliphatic heterocycles. The van der Waals surface area contributed by atoms with Crippen molar-refractivity contribution >= 4 is 0 Å². The fraction of sp³-hybridized carbons (Fsp3) is 0.739. The highest BCUT2D eigenvalue weighted by molar-refractivity contribution is 5.65. The third-order valence-electron chi connectivity index (χ3n) is 17.1. The lowest BCUT2D eigenvalue weighted by Gasteiger charge is -2.60. The van der Waals surface area contributed by atoms with Gasteiger partial charge in [-0.15, -0.1) is 0 Å². The van der Waals surface area contributed by atoms with Crippen LogP contribution < -0.4 is 24.7 Å². The van der Waals surface area contributed by atoms with Gasteiger partial charge >= 0.3 is 0 Å². The van der Waals surface area contributed by atoms with Crippen LogP contribution in [0.3, 0.4) is 0 Å². The normalized spacial score (nSPS) is 40.8. The van der Waals surface area contributed by atoms with Gasteiger partial charge in [0.25, 0.3) is 0 Å². The maximum atomic E-state index is 11.2. The first kappa shape index (κ1) is 36.5. The van der Waals surface area contributed by atoms with Crippen LogP contribution in [-0.4, -0.2) is 118 Å². The van der Waals surface area contributed by atoms with Gasteiger partial charge in [0.15, 0.2) is 23.0 Å². The number of ether oxygens (including phenoxy) is 6. The summed E-state index contributed by atoms with van der Waals surface area (Å²) in [7, 11) is 7.00. The van der Waals surface area contributed by atoms with Gasteiger partial charge in [-0.25, -0.2) is 0 Å². The predicted octanol–water partition coefficient (Wildman–Crippen LogP) is 4.84. The van der Waals surface area contributed by atoms with Crippen molar-refractivity contribution in [3.8, 4) is 23.0 Å². The van der Waals surface area contributed by atoms with E-state index in [2.05, 4.69) is 35.8 Å². The van der Waals surface area contributed by atoms with E-state index in [9.17, 15) is 5.11 Å². The van der Waals surface area contributed by atoms with Crippen LogP contribution in [-0.2, 0) is 33.1 Å². The average molecular weight is 770 g/mol. The van der Waals surface area contributed by atoms with Crippen LogP contribution in [0.5, 0.6) is 23.0 Å².